The molecule has 1 aliphatic rings. The van der Waals surface area contributed by atoms with E-state index in [2.05, 4.69) is 0 Å². The number of benzene rings is 1. The second-order valence-corrected chi connectivity index (χ2v) is 5.02. The number of aliphatic carboxylic acids is 1. The molecule has 1 atom stereocenters. The minimum absolute atomic E-state index is 0.0740. The van der Waals surface area contributed by atoms with Crippen molar-refractivity contribution in [1.82, 2.24) is 4.90 Å². The number of nitrogens with zero attached hydrogens (tertiary/aromatic N) is 1. The summed E-state index contributed by atoms with van der Waals surface area (Å²) in [5.74, 6) is -0.980. The summed E-state index contributed by atoms with van der Waals surface area (Å²) in [6.45, 7) is 0.538. The van der Waals surface area contributed by atoms with Gasteiger partial charge in [-0.25, -0.2) is 0 Å². The fourth-order valence-electron chi connectivity index (χ4n) is 2.54. The van der Waals surface area contributed by atoms with Crippen molar-refractivity contribution in [3.05, 3.63) is 35.4 Å². The maximum absolute atomic E-state index is 12.2. The lowest BCUT2D eigenvalue weighted by molar-refractivity contribution is -0.145. The van der Waals surface area contributed by atoms with Gasteiger partial charge in [-0.15, -0.1) is 0 Å². The van der Waals surface area contributed by atoms with Gasteiger partial charge >= 0.3 is 12.1 Å². The normalized spacial score (nSPS) is 19.6. The third-order valence-electron chi connectivity index (χ3n) is 3.54. The van der Waals surface area contributed by atoms with Gasteiger partial charge in [0.25, 0.3) is 0 Å². The van der Waals surface area contributed by atoms with Gasteiger partial charge < -0.3 is 5.11 Å². The first-order valence-corrected chi connectivity index (χ1v) is 6.47. The molecule has 1 N–H and O–H groups in total. The van der Waals surface area contributed by atoms with E-state index in [1.165, 1.54) is 0 Å². The molecule has 0 spiro atoms. The number of carboxylic acids is 1. The predicted molar refractivity (Wildman–Crippen MR) is 67.3 cm³/mol. The molecule has 3 nitrogen and oxygen atoms in total. The van der Waals surface area contributed by atoms with Crippen LogP contribution in [-0.4, -0.2) is 34.7 Å². The third kappa shape index (κ3) is 3.72. The van der Waals surface area contributed by atoms with E-state index in [0.717, 1.165) is 11.1 Å². The molecule has 0 aromatic heterocycles. The Hall–Kier alpha value is -1.56. The highest BCUT2D eigenvalue weighted by atomic mass is 19.4. The van der Waals surface area contributed by atoms with Crippen LogP contribution in [0, 0.1) is 0 Å². The van der Waals surface area contributed by atoms with Crippen molar-refractivity contribution in [3.63, 3.8) is 0 Å². The van der Waals surface area contributed by atoms with Gasteiger partial charge in [0.2, 0.25) is 0 Å². The van der Waals surface area contributed by atoms with E-state index in [1.54, 1.807) is 4.90 Å². The minimum Gasteiger partial charge on any atom is -0.480 e. The molecule has 0 fully saturated rings. The number of fused-ring (bicyclic) bond motifs is 1. The summed E-state index contributed by atoms with van der Waals surface area (Å²) >= 11 is 0. The standard InChI is InChI=1S/C14H16F3NO2/c15-14(16,17)6-3-7-18-9-11-5-2-1-4-10(11)8-12(18)13(19)20/h1-2,4-5,12H,3,6-9H2,(H,19,20). The molecular weight excluding hydrogens is 271 g/mol. The molecule has 0 saturated heterocycles. The summed E-state index contributed by atoms with van der Waals surface area (Å²) in [6, 6.07) is 6.73. The Morgan fingerprint density at radius 3 is 2.55 bits per heavy atom. The fraction of sp³-hybridized carbons (Fsp3) is 0.500. The Balaban J connectivity index is 2.05. The molecule has 0 bridgehead atoms. The monoisotopic (exact) mass is 287 g/mol. The van der Waals surface area contributed by atoms with Gasteiger partial charge in [0.05, 0.1) is 0 Å². The summed E-state index contributed by atoms with van der Waals surface area (Å²) in [5.41, 5.74) is 1.96. The van der Waals surface area contributed by atoms with Gasteiger partial charge in [-0.05, 0) is 30.5 Å². The van der Waals surface area contributed by atoms with E-state index in [4.69, 9.17) is 0 Å². The Kier molecular flexibility index (Phi) is 4.32. The lowest BCUT2D eigenvalue weighted by Gasteiger charge is -2.34. The van der Waals surface area contributed by atoms with E-state index in [1.807, 2.05) is 24.3 Å². The molecule has 2 rings (SSSR count). The Labute approximate surface area is 115 Å². The molecule has 1 unspecified atom stereocenters. The number of halogens is 3. The predicted octanol–water partition coefficient (Wildman–Crippen LogP) is 2.84. The van der Waals surface area contributed by atoms with Gasteiger partial charge in [-0.2, -0.15) is 13.2 Å². The highest BCUT2D eigenvalue weighted by Crippen LogP contribution is 2.26. The zero-order chi connectivity index (χ0) is 14.8. The van der Waals surface area contributed by atoms with E-state index in [9.17, 15) is 23.1 Å². The van der Waals surface area contributed by atoms with Crippen LogP contribution in [0.4, 0.5) is 13.2 Å². The summed E-state index contributed by atoms with van der Waals surface area (Å²) in [5, 5.41) is 9.23. The zero-order valence-electron chi connectivity index (χ0n) is 10.9. The van der Waals surface area contributed by atoms with Gasteiger partial charge in [0.1, 0.15) is 6.04 Å². The largest absolute Gasteiger partial charge is 0.480 e. The SMILES string of the molecule is O=C(O)C1Cc2ccccc2CN1CCCC(F)(F)F. The fourth-order valence-corrected chi connectivity index (χ4v) is 2.54. The van der Waals surface area contributed by atoms with Crippen molar-refractivity contribution in [2.75, 3.05) is 6.54 Å². The average molecular weight is 287 g/mol. The summed E-state index contributed by atoms with van der Waals surface area (Å²) in [6.07, 6.45) is -4.79. The Bertz CT molecular complexity index is 488. The Morgan fingerprint density at radius 2 is 1.95 bits per heavy atom. The van der Waals surface area contributed by atoms with Crippen molar-refractivity contribution in [2.24, 2.45) is 0 Å². The number of hydrogen-bond donors (Lipinski definition) is 1. The van der Waals surface area contributed by atoms with Gasteiger partial charge in [0.15, 0.2) is 0 Å². The van der Waals surface area contributed by atoms with Crippen LogP contribution in [0.3, 0.4) is 0 Å². The van der Waals surface area contributed by atoms with E-state index < -0.39 is 24.6 Å². The van der Waals surface area contributed by atoms with Crippen LogP contribution in [0.25, 0.3) is 0 Å². The molecule has 6 heteroatoms. The number of rotatable bonds is 4. The molecule has 0 radical (unpaired) electrons. The molecule has 0 aliphatic carbocycles. The molecule has 0 saturated carbocycles. The van der Waals surface area contributed by atoms with Crippen LogP contribution in [-0.2, 0) is 17.8 Å². The molecule has 1 heterocycles. The number of carboxylic acid groups (broad SMARTS) is 1. The van der Waals surface area contributed by atoms with Crippen LogP contribution < -0.4 is 0 Å². The maximum atomic E-state index is 12.2. The van der Waals surface area contributed by atoms with Gasteiger partial charge in [0, 0.05) is 13.0 Å². The maximum Gasteiger partial charge on any atom is 0.389 e. The molecule has 110 valence electrons. The lowest BCUT2D eigenvalue weighted by atomic mass is 9.94. The van der Waals surface area contributed by atoms with Crippen LogP contribution in [0.1, 0.15) is 24.0 Å². The first-order chi connectivity index (χ1) is 9.37. The first-order valence-electron chi connectivity index (χ1n) is 6.47. The highest BCUT2D eigenvalue weighted by Gasteiger charge is 2.32. The van der Waals surface area contributed by atoms with Crippen molar-refractivity contribution in [3.8, 4) is 0 Å². The summed E-state index contributed by atoms with van der Waals surface area (Å²) in [7, 11) is 0. The molecule has 0 amide bonds. The molecule has 1 aromatic carbocycles. The summed E-state index contributed by atoms with van der Waals surface area (Å²) in [4.78, 5) is 12.9. The molecular formula is C14H16F3NO2. The minimum atomic E-state index is -4.19. The second-order valence-electron chi connectivity index (χ2n) is 5.02. The van der Waals surface area contributed by atoms with E-state index in [-0.39, 0.29) is 13.0 Å². The lowest BCUT2D eigenvalue weighted by Crippen LogP contribution is -2.46. The van der Waals surface area contributed by atoms with Gasteiger partial charge in [-0.1, -0.05) is 24.3 Å². The molecule has 1 aliphatic heterocycles. The molecule has 20 heavy (non-hydrogen) atoms. The van der Waals surface area contributed by atoms with Gasteiger partial charge in [-0.3, -0.25) is 9.69 Å². The smallest absolute Gasteiger partial charge is 0.389 e. The van der Waals surface area contributed by atoms with Crippen molar-refractivity contribution in [1.29, 1.82) is 0 Å². The number of carbonyl (C=O) groups is 1. The number of hydrogen-bond acceptors (Lipinski definition) is 2. The van der Waals surface area contributed by atoms with E-state index in [0.29, 0.717) is 13.0 Å². The third-order valence-corrected chi connectivity index (χ3v) is 3.54. The average Bonchev–Trinajstić information content (AvgIpc) is 2.36. The zero-order valence-corrected chi connectivity index (χ0v) is 10.9. The van der Waals surface area contributed by atoms with Crippen LogP contribution in [0.15, 0.2) is 24.3 Å². The quantitative estimate of drug-likeness (QED) is 0.925. The topological polar surface area (TPSA) is 40.5 Å². The van der Waals surface area contributed by atoms with Crippen molar-refractivity contribution >= 4 is 5.97 Å². The number of alkyl halides is 3. The molecule has 1 aromatic rings. The van der Waals surface area contributed by atoms with Crippen LogP contribution >= 0.6 is 0 Å². The van der Waals surface area contributed by atoms with Crippen molar-refractivity contribution in [2.45, 2.75) is 38.0 Å². The Morgan fingerprint density at radius 1 is 1.30 bits per heavy atom. The van der Waals surface area contributed by atoms with E-state index >= 15 is 0 Å². The highest BCUT2D eigenvalue weighted by molar-refractivity contribution is 5.74. The second kappa shape index (κ2) is 5.83. The first kappa shape index (κ1) is 14.8. The van der Waals surface area contributed by atoms with Crippen LogP contribution in [0.2, 0.25) is 0 Å². The summed E-state index contributed by atoms with van der Waals surface area (Å²) < 4.78 is 36.5. The van der Waals surface area contributed by atoms with Crippen LogP contribution in [0.5, 0.6) is 0 Å². The van der Waals surface area contributed by atoms with Crippen molar-refractivity contribution < 1.29 is 23.1 Å².